The summed E-state index contributed by atoms with van der Waals surface area (Å²) in [5.74, 6) is 0.951. The molecule has 0 unspecified atom stereocenters. The first kappa shape index (κ1) is 6.53. The number of methoxy groups -OCH3 is 1. The average molecular weight is 149 g/mol. The average Bonchev–Trinajstić information content (AvgIpc) is 2.50. The molecular weight excluding hydrogens is 138 g/mol. The number of hydrogen-bond acceptors (Lipinski definition) is 2. The van der Waals surface area contributed by atoms with Crippen molar-refractivity contribution in [2.45, 2.75) is 6.42 Å². The minimum Gasteiger partial charge on any atom is -0.497 e. The van der Waals surface area contributed by atoms with E-state index in [0.29, 0.717) is 0 Å². The molecule has 58 valence electrons. The predicted molar refractivity (Wildman–Crippen MR) is 45.2 cm³/mol. The summed E-state index contributed by atoms with van der Waals surface area (Å²) in [6, 6.07) is 6.15. The quantitative estimate of drug-likeness (QED) is 0.655. The van der Waals surface area contributed by atoms with E-state index in [4.69, 9.17) is 4.74 Å². The highest BCUT2D eigenvalue weighted by Gasteiger charge is 2.09. The van der Waals surface area contributed by atoms with E-state index in [2.05, 4.69) is 17.4 Å². The first-order valence-electron chi connectivity index (χ1n) is 3.81. The molecule has 11 heavy (non-hydrogen) atoms. The second kappa shape index (κ2) is 2.46. The summed E-state index contributed by atoms with van der Waals surface area (Å²) in [5, 5.41) is 3.30. The Morgan fingerprint density at radius 3 is 3.18 bits per heavy atom. The topological polar surface area (TPSA) is 21.3 Å². The van der Waals surface area contributed by atoms with Gasteiger partial charge in [-0.2, -0.15) is 0 Å². The van der Waals surface area contributed by atoms with E-state index in [0.717, 1.165) is 18.7 Å². The van der Waals surface area contributed by atoms with Gasteiger partial charge in [-0.1, -0.05) is 0 Å². The maximum absolute atomic E-state index is 5.11. The monoisotopic (exact) mass is 149 g/mol. The van der Waals surface area contributed by atoms with Crippen LogP contribution in [0.5, 0.6) is 5.75 Å². The molecule has 1 aliphatic heterocycles. The molecule has 2 heteroatoms. The van der Waals surface area contributed by atoms with Crippen LogP contribution in [0.3, 0.4) is 0 Å². The van der Waals surface area contributed by atoms with Gasteiger partial charge in [0.25, 0.3) is 0 Å². The molecule has 0 saturated heterocycles. The Bertz CT molecular complexity index is 270. The summed E-state index contributed by atoms with van der Waals surface area (Å²) < 4.78 is 5.11. The maximum Gasteiger partial charge on any atom is 0.119 e. The van der Waals surface area contributed by atoms with Gasteiger partial charge in [0.15, 0.2) is 0 Å². The van der Waals surface area contributed by atoms with Gasteiger partial charge >= 0.3 is 0 Å². The zero-order chi connectivity index (χ0) is 7.68. The number of nitrogens with one attached hydrogen (secondary N) is 1. The third-order valence-corrected chi connectivity index (χ3v) is 2.02. The van der Waals surface area contributed by atoms with Crippen molar-refractivity contribution >= 4 is 5.69 Å². The van der Waals surface area contributed by atoms with Gasteiger partial charge in [-0.3, -0.25) is 0 Å². The van der Waals surface area contributed by atoms with Gasteiger partial charge in [-0.25, -0.2) is 0 Å². The van der Waals surface area contributed by atoms with Gasteiger partial charge in [0, 0.05) is 12.2 Å². The molecule has 0 spiro atoms. The van der Waals surface area contributed by atoms with Crippen molar-refractivity contribution in [2.24, 2.45) is 0 Å². The van der Waals surface area contributed by atoms with Crippen LogP contribution in [0.2, 0.25) is 0 Å². The van der Waals surface area contributed by atoms with Crippen molar-refractivity contribution in [3.63, 3.8) is 0 Å². The molecule has 0 aromatic heterocycles. The summed E-state index contributed by atoms with van der Waals surface area (Å²) in [6.07, 6.45) is 1.12. The Balaban J connectivity index is 2.41. The van der Waals surface area contributed by atoms with Crippen molar-refractivity contribution in [2.75, 3.05) is 19.0 Å². The second-order valence-electron chi connectivity index (χ2n) is 2.70. The van der Waals surface area contributed by atoms with E-state index in [1.54, 1.807) is 7.11 Å². The molecule has 1 aromatic rings. The fourth-order valence-corrected chi connectivity index (χ4v) is 1.41. The Kier molecular flexibility index (Phi) is 1.46. The highest BCUT2D eigenvalue weighted by atomic mass is 16.5. The Hall–Kier alpha value is -1.18. The van der Waals surface area contributed by atoms with Gasteiger partial charge in [-0.05, 0) is 30.2 Å². The van der Waals surface area contributed by atoms with Gasteiger partial charge in [0.1, 0.15) is 5.75 Å². The van der Waals surface area contributed by atoms with Crippen LogP contribution in [0, 0.1) is 0 Å². The van der Waals surface area contributed by atoms with Crippen LogP contribution in [-0.2, 0) is 6.42 Å². The highest BCUT2D eigenvalue weighted by Crippen LogP contribution is 2.25. The molecule has 0 amide bonds. The van der Waals surface area contributed by atoms with Gasteiger partial charge in [0.2, 0.25) is 0 Å². The standard InChI is InChI=1S/C9H11NO/c1-11-8-2-3-9-7(6-8)4-5-10-9/h2-3,6,10H,4-5H2,1H3. The van der Waals surface area contributed by atoms with Crippen LogP contribution in [-0.4, -0.2) is 13.7 Å². The summed E-state index contributed by atoms with van der Waals surface area (Å²) in [5.41, 5.74) is 2.62. The molecule has 1 aromatic carbocycles. The molecule has 0 radical (unpaired) electrons. The molecular formula is C9H11NO. The molecule has 0 bridgehead atoms. The van der Waals surface area contributed by atoms with Crippen LogP contribution in [0.1, 0.15) is 5.56 Å². The lowest BCUT2D eigenvalue weighted by molar-refractivity contribution is 0.414. The minimum atomic E-state index is 0.951. The number of anilines is 1. The molecule has 0 fully saturated rings. The van der Waals surface area contributed by atoms with E-state index in [9.17, 15) is 0 Å². The molecule has 2 nitrogen and oxygen atoms in total. The van der Waals surface area contributed by atoms with Crippen molar-refractivity contribution in [3.05, 3.63) is 23.8 Å². The Morgan fingerprint density at radius 1 is 1.45 bits per heavy atom. The lowest BCUT2D eigenvalue weighted by Crippen LogP contribution is -1.90. The lowest BCUT2D eigenvalue weighted by Gasteiger charge is -2.02. The fraction of sp³-hybridized carbons (Fsp3) is 0.333. The number of hydrogen-bond donors (Lipinski definition) is 1. The van der Waals surface area contributed by atoms with Crippen molar-refractivity contribution < 1.29 is 4.74 Å². The molecule has 2 rings (SSSR count). The van der Waals surface area contributed by atoms with Gasteiger partial charge in [0.05, 0.1) is 7.11 Å². The molecule has 0 atom stereocenters. The van der Waals surface area contributed by atoms with Crippen molar-refractivity contribution in [1.29, 1.82) is 0 Å². The summed E-state index contributed by atoms with van der Waals surface area (Å²) >= 11 is 0. The molecule has 0 aliphatic carbocycles. The molecule has 1 N–H and O–H groups in total. The first-order chi connectivity index (χ1) is 5.40. The Morgan fingerprint density at radius 2 is 2.36 bits per heavy atom. The maximum atomic E-state index is 5.11. The van der Waals surface area contributed by atoms with Gasteiger partial charge < -0.3 is 10.1 Å². The van der Waals surface area contributed by atoms with E-state index in [1.165, 1.54) is 11.3 Å². The predicted octanol–water partition coefficient (Wildman–Crippen LogP) is 1.66. The van der Waals surface area contributed by atoms with Crippen LogP contribution in [0.15, 0.2) is 18.2 Å². The van der Waals surface area contributed by atoms with E-state index < -0.39 is 0 Å². The van der Waals surface area contributed by atoms with Crippen LogP contribution < -0.4 is 10.1 Å². The number of rotatable bonds is 1. The minimum absolute atomic E-state index is 0.951. The smallest absolute Gasteiger partial charge is 0.119 e. The zero-order valence-electron chi connectivity index (χ0n) is 6.55. The summed E-state index contributed by atoms with van der Waals surface area (Å²) in [4.78, 5) is 0. The number of ether oxygens (including phenoxy) is 1. The summed E-state index contributed by atoms with van der Waals surface area (Å²) in [7, 11) is 1.70. The molecule has 1 aliphatic rings. The van der Waals surface area contributed by atoms with E-state index >= 15 is 0 Å². The Labute approximate surface area is 66.2 Å². The van der Waals surface area contributed by atoms with E-state index in [-0.39, 0.29) is 0 Å². The largest absolute Gasteiger partial charge is 0.497 e. The first-order valence-corrected chi connectivity index (χ1v) is 3.81. The SMILES string of the molecule is COc1ccc2c(c1)CCN2. The molecule has 0 saturated carbocycles. The molecule has 1 heterocycles. The van der Waals surface area contributed by atoms with Crippen LogP contribution in [0.4, 0.5) is 5.69 Å². The number of benzene rings is 1. The second-order valence-corrected chi connectivity index (χ2v) is 2.70. The lowest BCUT2D eigenvalue weighted by atomic mass is 10.1. The fourth-order valence-electron chi connectivity index (χ4n) is 1.41. The van der Waals surface area contributed by atoms with Crippen molar-refractivity contribution in [3.8, 4) is 5.75 Å². The summed E-state index contributed by atoms with van der Waals surface area (Å²) in [6.45, 7) is 1.06. The highest BCUT2D eigenvalue weighted by molar-refractivity contribution is 5.57. The van der Waals surface area contributed by atoms with Crippen LogP contribution >= 0.6 is 0 Å². The van der Waals surface area contributed by atoms with Gasteiger partial charge in [-0.15, -0.1) is 0 Å². The third kappa shape index (κ3) is 1.04. The van der Waals surface area contributed by atoms with Crippen molar-refractivity contribution in [1.82, 2.24) is 0 Å². The number of fused-ring (bicyclic) bond motifs is 1. The zero-order valence-corrected chi connectivity index (χ0v) is 6.55. The third-order valence-electron chi connectivity index (χ3n) is 2.02. The normalized spacial score (nSPS) is 13.9. The van der Waals surface area contributed by atoms with Crippen LogP contribution in [0.25, 0.3) is 0 Å². The van der Waals surface area contributed by atoms with E-state index in [1.807, 2.05) is 6.07 Å².